The SMILES string of the molecule is CC.CCCNCCOCCOCCN1CCN(C)CC1. The van der Waals surface area contributed by atoms with Crippen LogP contribution in [0.25, 0.3) is 0 Å². The molecule has 5 nitrogen and oxygen atoms in total. The molecule has 0 amide bonds. The molecule has 1 aliphatic rings. The molecule has 0 aromatic carbocycles. The summed E-state index contributed by atoms with van der Waals surface area (Å²) >= 11 is 0. The molecule has 1 aliphatic heterocycles. The van der Waals surface area contributed by atoms with Gasteiger partial charge in [-0.25, -0.2) is 0 Å². The van der Waals surface area contributed by atoms with E-state index in [1.165, 1.54) is 32.6 Å². The lowest BCUT2D eigenvalue weighted by atomic mass is 10.3. The molecule has 1 fully saturated rings. The van der Waals surface area contributed by atoms with E-state index < -0.39 is 0 Å². The smallest absolute Gasteiger partial charge is 0.0701 e. The van der Waals surface area contributed by atoms with Crippen molar-refractivity contribution in [3.05, 3.63) is 0 Å². The van der Waals surface area contributed by atoms with E-state index in [0.717, 1.165) is 32.8 Å². The van der Waals surface area contributed by atoms with Crippen LogP contribution in [0.15, 0.2) is 0 Å². The Bertz CT molecular complexity index is 198. The molecule has 1 rings (SSSR count). The second-order valence-corrected chi connectivity index (χ2v) is 5.12. The van der Waals surface area contributed by atoms with Crippen molar-refractivity contribution in [3.63, 3.8) is 0 Å². The van der Waals surface area contributed by atoms with Crippen LogP contribution in [0.2, 0.25) is 0 Å². The molecule has 0 atom stereocenters. The zero-order valence-electron chi connectivity index (χ0n) is 14.7. The number of nitrogens with zero attached hydrogens (tertiary/aromatic N) is 2. The molecular formula is C16H37N3O2. The Morgan fingerprint density at radius 3 is 2.10 bits per heavy atom. The van der Waals surface area contributed by atoms with Crippen LogP contribution in [0.4, 0.5) is 0 Å². The summed E-state index contributed by atoms with van der Waals surface area (Å²) in [6.07, 6.45) is 1.18. The van der Waals surface area contributed by atoms with Gasteiger partial charge in [0.15, 0.2) is 0 Å². The van der Waals surface area contributed by atoms with E-state index in [4.69, 9.17) is 9.47 Å². The summed E-state index contributed by atoms with van der Waals surface area (Å²) in [6.45, 7) is 16.9. The Labute approximate surface area is 132 Å². The van der Waals surface area contributed by atoms with Gasteiger partial charge in [-0.1, -0.05) is 20.8 Å². The second-order valence-electron chi connectivity index (χ2n) is 5.12. The Morgan fingerprint density at radius 2 is 1.48 bits per heavy atom. The van der Waals surface area contributed by atoms with Gasteiger partial charge in [0.25, 0.3) is 0 Å². The fourth-order valence-corrected chi connectivity index (χ4v) is 2.03. The van der Waals surface area contributed by atoms with E-state index in [1.807, 2.05) is 13.8 Å². The van der Waals surface area contributed by atoms with Crippen molar-refractivity contribution in [1.29, 1.82) is 0 Å². The molecule has 1 N–H and O–H groups in total. The van der Waals surface area contributed by atoms with Crippen LogP contribution >= 0.6 is 0 Å². The van der Waals surface area contributed by atoms with Crippen molar-refractivity contribution in [2.24, 2.45) is 0 Å². The molecule has 1 saturated heterocycles. The highest BCUT2D eigenvalue weighted by atomic mass is 16.5. The van der Waals surface area contributed by atoms with Gasteiger partial charge in [-0.2, -0.15) is 0 Å². The summed E-state index contributed by atoms with van der Waals surface area (Å²) in [4.78, 5) is 4.84. The standard InChI is InChI=1S/C14H31N3O2.C2H6/c1-3-4-15-5-11-18-13-14-19-12-10-17-8-6-16(2)7-9-17;1-2/h15H,3-14H2,1-2H3;1-2H3. The minimum Gasteiger partial charge on any atom is -0.378 e. The molecule has 0 unspecified atom stereocenters. The lowest BCUT2D eigenvalue weighted by Crippen LogP contribution is -2.45. The summed E-state index contributed by atoms with van der Waals surface area (Å²) in [5.41, 5.74) is 0. The minimum absolute atomic E-state index is 0.705. The molecule has 128 valence electrons. The Kier molecular flexibility index (Phi) is 16.0. The maximum absolute atomic E-state index is 5.59. The number of nitrogens with one attached hydrogen (secondary N) is 1. The molecule has 0 radical (unpaired) electrons. The largest absolute Gasteiger partial charge is 0.378 e. The van der Waals surface area contributed by atoms with Crippen molar-refractivity contribution in [2.45, 2.75) is 27.2 Å². The molecule has 0 aromatic heterocycles. The highest BCUT2D eigenvalue weighted by Crippen LogP contribution is 1.98. The Morgan fingerprint density at radius 1 is 0.857 bits per heavy atom. The molecule has 0 bridgehead atoms. The molecule has 0 aromatic rings. The average Bonchev–Trinajstić information content (AvgIpc) is 2.53. The van der Waals surface area contributed by atoms with Crippen LogP contribution in [-0.2, 0) is 9.47 Å². The lowest BCUT2D eigenvalue weighted by molar-refractivity contribution is 0.0341. The zero-order valence-corrected chi connectivity index (χ0v) is 14.7. The first-order valence-corrected chi connectivity index (χ1v) is 8.60. The van der Waals surface area contributed by atoms with Crippen LogP contribution in [0, 0.1) is 0 Å². The van der Waals surface area contributed by atoms with Gasteiger partial charge in [-0.15, -0.1) is 0 Å². The third-order valence-corrected chi connectivity index (χ3v) is 3.37. The number of piperazine rings is 1. The van der Waals surface area contributed by atoms with Gasteiger partial charge in [0.05, 0.1) is 26.4 Å². The first-order valence-electron chi connectivity index (χ1n) is 8.60. The van der Waals surface area contributed by atoms with E-state index in [2.05, 4.69) is 29.1 Å². The van der Waals surface area contributed by atoms with Gasteiger partial charge < -0.3 is 19.7 Å². The van der Waals surface area contributed by atoms with Crippen molar-refractivity contribution in [3.8, 4) is 0 Å². The maximum atomic E-state index is 5.59. The molecular weight excluding hydrogens is 266 g/mol. The first kappa shape index (κ1) is 20.8. The quantitative estimate of drug-likeness (QED) is 0.582. The normalized spacial score (nSPS) is 16.6. The summed E-state index contributed by atoms with van der Waals surface area (Å²) in [6, 6.07) is 0. The van der Waals surface area contributed by atoms with Crippen LogP contribution < -0.4 is 5.32 Å². The molecule has 1 heterocycles. The van der Waals surface area contributed by atoms with Crippen LogP contribution in [0.1, 0.15) is 27.2 Å². The molecule has 0 saturated carbocycles. The third kappa shape index (κ3) is 13.2. The minimum atomic E-state index is 0.705. The maximum Gasteiger partial charge on any atom is 0.0701 e. The number of ether oxygens (including phenoxy) is 2. The van der Waals surface area contributed by atoms with Crippen LogP contribution in [-0.4, -0.2) is 89.1 Å². The van der Waals surface area contributed by atoms with Gasteiger partial charge >= 0.3 is 0 Å². The highest BCUT2D eigenvalue weighted by molar-refractivity contribution is 4.68. The van der Waals surface area contributed by atoms with E-state index >= 15 is 0 Å². The van der Waals surface area contributed by atoms with Crippen molar-refractivity contribution in [2.75, 3.05) is 79.3 Å². The topological polar surface area (TPSA) is 37.0 Å². The second kappa shape index (κ2) is 16.2. The molecule has 5 heteroatoms. The number of hydrogen-bond donors (Lipinski definition) is 1. The monoisotopic (exact) mass is 303 g/mol. The third-order valence-electron chi connectivity index (χ3n) is 3.37. The number of rotatable bonds is 11. The summed E-state index contributed by atoms with van der Waals surface area (Å²) in [5.74, 6) is 0. The summed E-state index contributed by atoms with van der Waals surface area (Å²) in [7, 11) is 2.18. The zero-order chi connectivity index (χ0) is 15.8. The molecule has 21 heavy (non-hydrogen) atoms. The summed E-state index contributed by atoms with van der Waals surface area (Å²) in [5, 5.41) is 3.31. The number of hydrogen-bond acceptors (Lipinski definition) is 5. The molecule has 0 spiro atoms. The first-order chi connectivity index (χ1) is 10.3. The van der Waals surface area contributed by atoms with E-state index in [1.54, 1.807) is 0 Å². The van der Waals surface area contributed by atoms with Gasteiger partial charge in [-0.05, 0) is 20.0 Å². The van der Waals surface area contributed by atoms with Gasteiger partial charge in [0.2, 0.25) is 0 Å². The van der Waals surface area contributed by atoms with Gasteiger partial charge in [0, 0.05) is 39.3 Å². The fraction of sp³-hybridized carbons (Fsp3) is 1.00. The fourth-order valence-electron chi connectivity index (χ4n) is 2.03. The van der Waals surface area contributed by atoms with Crippen molar-refractivity contribution in [1.82, 2.24) is 15.1 Å². The Balaban J connectivity index is 0.00000191. The number of likely N-dealkylation sites (N-methyl/N-ethyl adjacent to an activating group) is 1. The van der Waals surface area contributed by atoms with E-state index in [-0.39, 0.29) is 0 Å². The van der Waals surface area contributed by atoms with E-state index in [9.17, 15) is 0 Å². The lowest BCUT2D eigenvalue weighted by Gasteiger charge is -2.32. The molecule has 0 aliphatic carbocycles. The van der Waals surface area contributed by atoms with Crippen LogP contribution in [0.3, 0.4) is 0 Å². The summed E-state index contributed by atoms with van der Waals surface area (Å²) < 4.78 is 11.1. The van der Waals surface area contributed by atoms with Crippen molar-refractivity contribution < 1.29 is 9.47 Å². The average molecular weight is 303 g/mol. The van der Waals surface area contributed by atoms with Crippen molar-refractivity contribution >= 4 is 0 Å². The predicted octanol–water partition coefficient (Wildman–Crippen LogP) is 1.29. The predicted molar refractivity (Wildman–Crippen MR) is 90.1 cm³/mol. The van der Waals surface area contributed by atoms with Gasteiger partial charge in [-0.3, -0.25) is 4.90 Å². The van der Waals surface area contributed by atoms with Gasteiger partial charge in [0.1, 0.15) is 0 Å². The Hall–Kier alpha value is -0.200. The van der Waals surface area contributed by atoms with E-state index in [0.29, 0.717) is 13.2 Å². The van der Waals surface area contributed by atoms with Crippen LogP contribution in [0.5, 0.6) is 0 Å². The highest BCUT2D eigenvalue weighted by Gasteiger charge is 2.12.